The van der Waals surface area contributed by atoms with Crippen LogP contribution in [0.4, 0.5) is 0 Å². The fraction of sp³-hybridized carbons (Fsp3) is 0.611. The fourth-order valence-corrected chi connectivity index (χ4v) is 2.14. The molecule has 0 bridgehead atoms. The normalized spacial score (nSPS) is 15.0. The molecule has 2 N–H and O–H groups in total. The largest absolute Gasteiger partial charge is 0.493 e. The maximum atomic E-state index is 5.99. The minimum absolute atomic E-state index is 0.603. The Kier molecular flexibility index (Phi) is 6.10. The van der Waals surface area contributed by atoms with Crippen molar-refractivity contribution in [1.29, 1.82) is 0 Å². The molecule has 0 heterocycles. The number of benzene rings is 1. The minimum Gasteiger partial charge on any atom is -0.493 e. The van der Waals surface area contributed by atoms with Crippen molar-refractivity contribution in [3.05, 3.63) is 29.3 Å². The zero-order valence-corrected chi connectivity index (χ0v) is 14.3. The third-order valence-electron chi connectivity index (χ3n) is 3.76. The summed E-state index contributed by atoms with van der Waals surface area (Å²) < 4.78 is 5.99. The van der Waals surface area contributed by atoms with Crippen molar-refractivity contribution in [2.75, 3.05) is 13.7 Å². The highest BCUT2D eigenvalue weighted by molar-refractivity contribution is 5.80. The van der Waals surface area contributed by atoms with Gasteiger partial charge in [0.2, 0.25) is 0 Å². The predicted molar refractivity (Wildman–Crippen MR) is 92.5 cm³/mol. The quantitative estimate of drug-likeness (QED) is 0.600. The van der Waals surface area contributed by atoms with Crippen LogP contribution >= 0.6 is 0 Å². The van der Waals surface area contributed by atoms with Gasteiger partial charge in [-0.2, -0.15) is 0 Å². The van der Waals surface area contributed by atoms with Gasteiger partial charge in [-0.1, -0.05) is 26.0 Å². The van der Waals surface area contributed by atoms with Gasteiger partial charge in [-0.15, -0.1) is 0 Å². The molecule has 1 aliphatic carbocycles. The maximum absolute atomic E-state index is 5.99. The van der Waals surface area contributed by atoms with E-state index in [1.165, 1.54) is 24.0 Å². The van der Waals surface area contributed by atoms with Gasteiger partial charge < -0.3 is 15.4 Å². The summed E-state index contributed by atoms with van der Waals surface area (Å²) in [5, 5.41) is 6.77. The van der Waals surface area contributed by atoms with Crippen LogP contribution < -0.4 is 15.4 Å². The number of hydrogen-bond donors (Lipinski definition) is 2. The molecular formula is C18H29N3O. The van der Waals surface area contributed by atoms with Gasteiger partial charge in [0, 0.05) is 25.2 Å². The molecule has 1 aromatic carbocycles. The van der Waals surface area contributed by atoms with Crippen LogP contribution in [-0.2, 0) is 6.54 Å². The SMILES string of the molecule is CN=C(NCc1ccc(C)cc1OCCC(C)C)NC1CC1. The van der Waals surface area contributed by atoms with E-state index >= 15 is 0 Å². The van der Waals surface area contributed by atoms with Crippen LogP contribution in [0, 0.1) is 12.8 Å². The van der Waals surface area contributed by atoms with Gasteiger partial charge >= 0.3 is 0 Å². The second-order valence-electron chi connectivity index (χ2n) is 6.49. The van der Waals surface area contributed by atoms with Crippen molar-refractivity contribution in [2.45, 2.75) is 52.6 Å². The molecule has 0 unspecified atom stereocenters. The van der Waals surface area contributed by atoms with Gasteiger partial charge in [0.1, 0.15) is 5.75 Å². The summed E-state index contributed by atoms with van der Waals surface area (Å²) in [6, 6.07) is 6.99. The van der Waals surface area contributed by atoms with E-state index < -0.39 is 0 Å². The number of nitrogens with one attached hydrogen (secondary N) is 2. The topological polar surface area (TPSA) is 45.7 Å². The zero-order valence-electron chi connectivity index (χ0n) is 14.3. The van der Waals surface area contributed by atoms with E-state index in [0.29, 0.717) is 12.0 Å². The van der Waals surface area contributed by atoms with Crippen LogP contribution in [0.5, 0.6) is 5.75 Å². The monoisotopic (exact) mass is 303 g/mol. The minimum atomic E-state index is 0.603. The van der Waals surface area contributed by atoms with Gasteiger partial charge in [-0.3, -0.25) is 4.99 Å². The van der Waals surface area contributed by atoms with Crippen LogP contribution in [0.1, 0.15) is 44.2 Å². The van der Waals surface area contributed by atoms with Crippen molar-refractivity contribution >= 4 is 5.96 Å². The molecule has 4 nitrogen and oxygen atoms in total. The molecular weight excluding hydrogens is 274 g/mol. The van der Waals surface area contributed by atoms with Crippen molar-refractivity contribution in [2.24, 2.45) is 10.9 Å². The molecule has 1 aliphatic rings. The van der Waals surface area contributed by atoms with Crippen LogP contribution in [0.15, 0.2) is 23.2 Å². The first-order valence-corrected chi connectivity index (χ1v) is 8.28. The number of aliphatic imine (C=N–C) groups is 1. The molecule has 1 saturated carbocycles. The van der Waals surface area contributed by atoms with Crippen molar-refractivity contribution in [3.63, 3.8) is 0 Å². The van der Waals surface area contributed by atoms with Gasteiger partial charge in [0.15, 0.2) is 5.96 Å². The van der Waals surface area contributed by atoms with Crippen molar-refractivity contribution in [1.82, 2.24) is 10.6 Å². The Morgan fingerprint density at radius 2 is 2.14 bits per heavy atom. The van der Waals surface area contributed by atoms with E-state index in [1.54, 1.807) is 0 Å². The Bertz CT molecular complexity index is 507. The van der Waals surface area contributed by atoms with E-state index in [0.717, 1.165) is 31.3 Å². The van der Waals surface area contributed by atoms with E-state index in [1.807, 2.05) is 7.05 Å². The summed E-state index contributed by atoms with van der Waals surface area (Å²) in [6.07, 6.45) is 3.56. The third-order valence-corrected chi connectivity index (χ3v) is 3.76. The Morgan fingerprint density at radius 1 is 1.36 bits per heavy atom. The first-order valence-electron chi connectivity index (χ1n) is 8.28. The lowest BCUT2D eigenvalue weighted by Gasteiger charge is -2.16. The van der Waals surface area contributed by atoms with Gasteiger partial charge in [0.25, 0.3) is 0 Å². The fourth-order valence-electron chi connectivity index (χ4n) is 2.14. The molecule has 0 spiro atoms. The highest BCUT2D eigenvalue weighted by atomic mass is 16.5. The number of ether oxygens (including phenoxy) is 1. The number of nitrogens with zero attached hydrogens (tertiary/aromatic N) is 1. The molecule has 22 heavy (non-hydrogen) atoms. The Balaban J connectivity index is 1.93. The van der Waals surface area contributed by atoms with Gasteiger partial charge in [0.05, 0.1) is 6.61 Å². The first kappa shape index (κ1) is 16.7. The predicted octanol–water partition coefficient (Wildman–Crippen LogP) is 3.25. The molecule has 0 atom stereocenters. The van der Waals surface area contributed by atoms with Crippen LogP contribution in [-0.4, -0.2) is 25.7 Å². The molecule has 0 amide bonds. The zero-order chi connectivity index (χ0) is 15.9. The van der Waals surface area contributed by atoms with Crippen LogP contribution in [0.25, 0.3) is 0 Å². The summed E-state index contributed by atoms with van der Waals surface area (Å²) >= 11 is 0. The summed E-state index contributed by atoms with van der Waals surface area (Å²) in [4.78, 5) is 4.27. The summed E-state index contributed by atoms with van der Waals surface area (Å²) in [5.41, 5.74) is 2.40. The number of hydrogen-bond acceptors (Lipinski definition) is 2. The van der Waals surface area contributed by atoms with Crippen molar-refractivity contribution < 1.29 is 4.74 Å². The average molecular weight is 303 g/mol. The Labute approximate surface area is 134 Å². The molecule has 0 saturated heterocycles. The maximum Gasteiger partial charge on any atom is 0.191 e. The summed E-state index contributed by atoms with van der Waals surface area (Å²) in [6.45, 7) is 8.03. The number of guanidine groups is 1. The third kappa shape index (κ3) is 5.58. The molecule has 0 aromatic heterocycles. The molecule has 0 radical (unpaired) electrons. The van der Waals surface area contributed by atoms with Crippen LogP contribution in [0.2, 0.25) is 0 Å². The second-order valence-corrected chi connectivity index (χ2v) is 6.49. The van der Waals surface area contributed by atoms with E-state index in [-0.39, 0.29) is 0 Å². The smallest absolute Gasteiger partial charge is 0.191 e. The highest BCUT2D eigenvalue weighted by Gasteiger charge is 2.22. The first-order chi connectivity index (χ1) is 10.6. The number of aryl methyl sites for hydroxylation is 1. The molecule has 122 valence electrons. The lowest BCUT2D eigenvalue weighted by Crippen LogP contribution is -2.38. The summed E-state index contributed by atoms with van der Waals surface area (Å²) in [7, 11) is 1.81. The average Bonchev–Trinajstić information content (AvgIpc) is 3.28. The molecule has 0 aliphatic heterocycles. The molecule has 2 rings (SSSR count). The summed E-state index contributed by atoms with van der Waals surface area (Å²) in [5.74, 6) is 2.51. The van der Waals surface area contributed by atoms with Crippen molar-refractivity contribution in [3.8, 4) is 5.75 Å². The van der Waals surface area contributed by atoms with E-state index in [9.17, 15) is 0 Å². The highest BCUT2D eigenvalue weighted by Crippen LogP contribution is 2.21. The lowest BCUT2D eigenvalue weighted by atomic mass is 10.1. The lowest BCUT2D eigenvalue weighted by molar-refractivity contribution is 0.286. The Hall–Kier alpha value is -1.71. The molecule has 1 fully saturated rings. The molecule has 1 aromatic rings. The molecule has 4 heteroatoms. The standard InChI is InChI=1S/C18H29N3O/c1-13(2)9-10-22-17-11-14(3)5-6-15(17)12-20-18(19-4)21-16-7-8-16/h5-6,11,13,16H,7-10,12H2,1-4H3,(H2,19,20,21). The van der Waals surface area contributed by atoms with Crippen LogP contribution in [0.3, 0.4) is 0 Å². The van der Waals surface area contributed by atoms with E-state index in [2.05, 4.69) is 54.6 Å². The van der Waals surface area contributed by atoms with Gasteiger partial charge in [-0.25, -0.2) is 0 Å². The Morgan fingerprint density at radius 3 is 2.77 bits per heavy atom. The number of rotatable bonds is 7. The van der Waals surface area contributed by atoms with E-state index in [4.69, 9.17) is 4.74 Å². The van der Waals surface area contributed by atoms with Gasteiger partial charge in [-0.05, 0) is 43.7 Å². The second kappa shape index (κ2) is 8.06.